The van der Waals surface area contributed by atoms with Crippen LogP contribution in [0, 0.1) is 0 Å². The fourth-order valence-corrected chi connectivity index (χ4v) is 1.07. The zero-order valence-corrected chi connectivity index (χ0v) is 8.38. The van der Waals surface area contributed by atoms with Gasteiger partial charge in [0.25, 0.3) is 0 Å². The molecule has 0 N–H and O–H groups in total. The molecule has 3 nitrogen and oxygen atoms in total. The lowest BCUT2D eigenvalue weighted by molar-refractivity contribution is -0.128. The van der Waals surface area contributed by atoms with Crippen molar-refractivity contribution in [3.8, 4) is 0 Å². The summed E-state index contributed by atoms with van der Waals surface area (Å²) >= 11 is 5.69. The van der Waals surface area contributed by atoms with Crippen molar-refractivity contribution in [2.75, 3.05) is 7.05 Å². The Morgan fingerprint density at radius 3 is 2.85 bits per heavy atom. The molecule has 0 saturated heterocycles. The Kier molecular flexibility index (Phi) is 3.25. The number of pyridine rings is 1. The summed E-state index contributed by atoms with van der Waals surface area (Å²) < 4.78 is 0. The molecule has 0 fully saturated rings. The molecule has 0 atom stereocenters. The molecule has 4 heteroatoms. The largest absolute Gasteiger partial charge is 0.340 e. The van der Waals surface area contributed by atoms with Crippen molar-refractivity contribution in [2.45, 2.75) is 13.5 Å². The van der Waals surface area contributed by atoms with Gasteiger partial charge in [0.05, 0.1) is 12.2 Å². The molecule has 13 heavy (non-hydrogen) atoms. The van der Waals surface area contributed by atoms with Crippen LogP contribution in [0.5, 0.6) is 0 Å². The molecule has 1 aromatic rings. The molecule has 0 aliphatic heterocycles. The number of halogens is 1. The number of amides is 1. The Labute approximate surface area is 82.3 Å². The van der Waals surface area contributed by atoms with E-state index in [2.05, 4.69) is 4.98 Å². The van der Waals surface area contributed by atoms with Gasteiger partial charge in [0, 0.05) is 14.0 Å². The second-order valence-corrected chi connectivity index (χ2v) is 3.21. The van der Waals surface area contributed by atoms with Gasteiger partial charge in [-0.15, -0.1) is 0 Å². The Hall–Kier alpha value is -1.09. The quantitative estimate of drug-likeness (QED) is 0.678. The van der Waals surface area contributed by atoms with E-state index in [9.17, 15) is 4.79 Å². The van der Waals surface area contributed by atoms with Gasteiger partial charge in [-0.05, 0) is 12.1 Å². The van der Waals surface area contributed by atoms with Gasteiger partial charge in [0.15, 0.2) is 0 Å². The first kappa shape index (κ1) is 9.99. The maximum atomic E-state index is 10.9. The highest BCUT2D eigenvalue weighted by Gasteiger charge is 2.03. The highest BCUT2D eigenvalue weighted by molar-refractivity contribution is 6.29. The number of carbonyl (C=O) groups excluding carboxylic acids is 1. The average Bonchev–Trinajstić information content (AvgIpc) is 2.04. The minimum absolute atomic E-state index is 0.0155. The summed E-state index contributed by atoms with van der Waals surface area (Å²) in [4.78, 5) is 16.5. The lowest BCUT2D eigenvalue weighted by atomic mass is 10.3. The van der Waals surface area contributed by atoms with E-state index in [-0.39, 0.29) is 5.91 Å². The molecular formula is C9H11ClN2O. The Bertz CT molecular complexity index is 314. The van der Waals surface area contributed by atoms with Crippen molar-refractivity contribution >= 4 is 17.5 Å². The first-order valence-corrected chi connectivity index (χ1v) is 4.30. The van der Waals surface area contributed by atoms with Crippen molar-refractivity contribution < 1.29 is 4.79 Å². The summed E-state index contributed by atoms with van der Waals surface area (Å²) in [5.41, 5.74) is 0.796. The van der Waals surface area contributed by atoms with Crippen molar-refractivity contribution in [2.24, 2.45) is 0 Å². The number of hydrogen-bond donors (Lipinski definition) is 0. The number of nitrogens with zero attached hydrogens (tertiary/aromatic N) is 2. The third-order valence-corrected chi connectivity index (χ3v) is 1.92. The lowest BCUT2D eigenvalue weighted by Gasteiger charge is -2.13. The Morgan fingerprint density at radius 2 is 2.31 bits per heavy atom. The third kappa shape index (κ3) is 3.03. The standard InChI is InChI=1S/C9H11ClN2O/c1-7(13)12(2)6-8-4-3-5-9(10)11-8/h3-5H,6H2,1-2H3. The fraction of sp³-hybridized carbons (Fsp3) is 0.333. The molecular weight excluding hydrogens is 188 g/mol. The van der Waals surface area contributed by atoms with Crippen molar-refractivity contribution in [1.29, 1.82) is 0 Å². The molecule has 0 radical (unpaired) electrons. The molecule has 0 unspecified atom stereocenters. The molecule has 0 bridgehead atoms. The van der Waals surface area contributed by atoms with Crippen LogP contribution in [0.3, 0.4) is 0 Å². The van der Waals surface area contributed by atoms with E-state index < -0.39 is 0 Å². The van der Waals surface area contributed by atoms with Crippen LogP contribution in [-0.4, -0.2) is 22.8 Å². The van der Waals surface area contributed by atoms with Crippen molar-refractivity contribution in [3.05, 3.63) is 29.0 Å². The van der Waals surface area contributed by atoms with E-state index in [0.717, 1.165) is 5.69 Å². The van der Waals surface area contributed by atoms with Gasteiger partial charge in [-0.3, -0.25) is 4.79 Å². The molecule has 1 aromatic heterocycles. The van der Waals surface area contributed by atoms with Crippen molar-refractivity contribution in [1.82, 2.24) is 9.88 Å². The minimum atomic E-state index is 0.0155. The van der Waals surface area contributed by atoms with Crippen LogP contribution in [0.15, 0.2) is 18.2 Å². The smallest absolute Gasteiger partial charge is 0.219 e. The van der Waals surface area contributed by atoms with Gasteiger partial charge in [0.1, 0.15) is 5.15 Å². The molecule has 0 spiro atoms. The van der Waals surface area contributed by atoms with E-state index in [4.69, 9.17) is 11.6 Å². The molecule has 1 heterocycles. The molecule has 70 valence electrons. The van der Waals surface area contributed by atoms with Crippen LogP contribution < -0.4 is 0 Å². The topological polar surface area (TPSA) is 33.2 Å². The van der Waals surface area contributed by atoms with Crippen LogP contribution in [0.4, 0.5) is 0 Å². The van der Waals surface area contributed by atoms with E-state index in [1.165, 1.54) is 6.92 Å². The summed E-state index contributed by atoms with van der Waals surface area (Å²) in [6, 6.07) is 5.36. The highest BCUT2D eigenvalue weighted by atomic mass is 35.5. The van der Waals surface area contributed by atoms with Crippen LogP contribution >= 0.6 is 11.6 Å². The van der Waals surface area contributed by atoms with Gasteiger partial charge in [-0.1, -0.05) is 17.7 Å². The van der Waals surface area contributed by atoms with Crippen molar-refractivity contribution in [3.63, 3.8) is 0 Å². The molecule has 1 amide bonds. The first-order chi connectivity index (χ1) is 6.09. The van der Waals surface area contributed by atoms with Crippen LogP contribution in [0.2, 0.25) is 5.15 Å². The van der Waals surface area contributed by atoms with Gasteiger partial charge in [-0.25, -0.2) is 4.98 Å². The molecule has 0 aromatic carbocycles. The summed E-state index contributed by atoms with van der Waals surface area (Å²) in [5.74, 6) is 0.0155. The zero-order valence-electron chi connectivity index (χ0n) is 7.62. The van der Waals surface area contributed by atoms with Gasteiger partial charge >= 0.3 is 0 Å². The minimum Gasteiger partial charge on any atom is -0.340 e. The Morgan fingerprint density at radius 1 is 1.62 bits per heavy atom. The predicted octanol–water partition coefficient (Wildman–Crippen LogP) is 1.71. The van der Waals surface area contributed by atoms with E-state index in [0.29, 0.717) is 11.7 Å². The first-order valence-electron chi connectivity index (χ1n) is 3.92. The predicted molar refractivity (Wildman–Crippen MR) is 51.4 cm³/mol. The maximum absolute atomic E-state index is 10.9. The highest BCUT2D eigenvalue weighted by Crippen LogP contribution is 2.06. The van der Waals surface area contributed by atoms with E-state index >= 15 is 0 Å². The molecule has 0 saturated carbocycles. The number of aromatic nitrogens is 1. The van der Waals surface area contributed by atoms with Gasteiger partial charge in [-0.2, -0.15) is 0 Å². The van der Waals surface area contributed by atoms with Crippen LogP contribution in [-0.2, 0) is 11.3 Å². The normalized spacial score (nSPS) is 9.77. The third-order valence-electron chi connectivity index (χ3n) is 1.71. The maximum Gasteiger partial charge on any atom is 0.219 e. The summed E-state index contributed by atoms with van der Waals surface area (Å²) in [6.45, 7) is 2.01. The number of hydrogen-bond acceptors (Lipinski definition) is 2. The number of carbonyl (C=O) groups is 1. The Balaban J connectivity index is 2.69. The van der Waals surface area contributed by atoms with Crippen LogP contribution in [0.25, 0.3) is 0 Å². The zero-order chi connectivity index (χ0) is 9.84. The van der Waals surface area contributed by atoms with E-state index in [1.807, 2.05) is 12.1 Å². The molecule has 0 aliphatic rings. The SMILES string of the molecule is CC(=O)N(C)Cc1cccc(Cl)n1. The fourth-order valence-electron chi connectivity index (χ4n) is 0.893. The second kappa shape index (κ2) is 4.23. The van der Waals surface area contributed by atoms with Gasteiger partial charge < -0.3 is 4.90 Å². The average molecular weight is 199 g/mol. The summed E-state index contributed by atoms with van der Waals surface area (Å²) in [6.07, 6.45) is 0. The molecule has 0 aliphatic carbocycles. The summed E-state index contributed by atoms with van der Waals surface area (Å²) in [5, 5.41) is 0.453. The second-order valence-electron chi connectivity index (χ2n) is 2.83. The monoisotopic (exact) mass is 198 g/mol. The number of rotatable bonds is 2. The van der Waals surface area contributed by atoms with E-state index in [1.54, 1.807) is 18.0 Å². The molecule has 1 rings (SSSR count). The summed E-state index contributed by atoms with van der Waals surface area (Å²) in [7, 11) is 1.73. The lowest BCUT2D eigenvalue weighted by Crippen LogP contribution is -2.23. The van der Waals surface area contributed by atoms with Crippen LogP contribution in [0.1, 0.15) is 12.6 Å². The van der Waals surface area contributed by atoms with Gasteiger partial charge in [0.2, 0.25) is 5.91 Å².